The second kappa shape index (κ2) is 13.3. The van der Waals surface area contributed by atoms with Crippen LogP contribution in [0.25, 0.3) is 23.2 Å². The fourth-order valence-corrected chi connectivity index (χ4v) is 5.10. The first kappa shape index (κ1) is 31.4. The van der Waals surface area contributed by atoms with Crippen molar-refractivity contribution >= 4 is 58.1 Å². The number of rotatable bonds is 11. The van der Waals surface area contributed by atoms with Crippen LogP contribution in [0, 0.1) is 0 Å². The number of aromatic nitrogens is 4. The molecule has 236 valence electrons. The molecule has 5 rings (SSSR count). The Balaban J connectivity index is 1.25. The number of nitrogens with zero attached hydrogens (tertiary/aromatic N) is 5. The van der Waals surface area contributed by atoms with E-state index in [9.17, 15) is 14.4 Å². The number of aliphatic imine (C=N–C) groups is 1. The van der Waals surface area contributed by atoms with E-state index in [1.165, 1.54) is 0 Å². The average Bonchev–Trinajstić information content (AvgIpc) is 3.70. The number of hydrogen-bond donors (Lipinski definition) is 4. The molecule has 13 heteroatoms. The zero-order valence-corrected chi connectivity index (χ0v) is 25.9. The van der Waals surface area contributed by atoms with Gasteiger partial charge >= 0.3 is 0 Å². The molecule has 0 unspecified atom stereocenters. The van der Waals surface area contributed by atoms with Gasteiger partial charge in [0.2, 0.25) is 0 Å². The van der Waals surface area contributed by atoms with Gasteiger partial charge in [0, 0.05) is 50.1 Å². The van der Waals surface area contributed by atoms with Gasteiger partial charge in [-0.1, -0.05) is 30.4 Å². The number of primary amides is 1. The maximum absolute atomic E-state index is 13.3. The van der Waals surface area contributed by atoms with Crippen LogP contribution in [0.4, 0.5) is 11.4 Å². The molecule has 0 saturated carbocycles. The van der Waals surface area contributed by atoms with Crippen molar-refractivity contribution in [1.82, 2.24) is 19.4 Å². The van der Waals surface area contributed by atoms with Gasteiger partial charge < -0.3 is 31.2 Å². The smallest absolute Gasteiger partial charge is 0.272 e. The number of amides is 3. The van der Waals surface area contributed by atoms with Crippen molar-refractivity contribution < 1.29 is 19.0 Å². The maximum Gasteiger partial charge on any atom is 0.272 e. The summed E-state index contributed by atoms with van der Waals surface area (Å²) in [6.07, 6.45) is 7.90. The number of nitrogens with one attached hydrogen (secondary N) is 2. The summed E-state index contributed by atoms with van der Waals surface area (Å²) in [7, 11) is 3.38. The zero-order chi connectivity index (χ0) is 33.0. The van der Waals surface area contributed by atoms with Crippen molar-refractivity contribution in [1.29, 1.82) is 0 Å². The Hall–Kier alpha value is -5.98. The summed E-state index contributed by atoms with van der Waals surface area (Å²) in [4.78, 5) is 42.9. The summed E-state index contributed by atoms with van der Waals surface area (Å²) in [5, 5.41) is 13.4. The van der Waals surface area contributed by atoms with E-state index < -0.39 is 11.8 Å². The third-order valence-electron chi connectivity index (χ3n) is 7.24. The van der Waals surface area contributed by atoms with E-state index in [0.717, 1.165) is 11.1 Å². The third kappa shape index (κ3) is 7.21. The molecule has 13 nitrogen and oxygen atoms in total. The quantitative estimate of drug-likeness (QED) is 0.0957. The van der Waals surface area contributed by atoms with E-state index in [1.807, 2.05) is 56.3 Å². The molecule has 0 radical (unpaired) electrons. The van der Waals surface area contributed by atoms with Crippen molar-refractivity contribution in [3.63, 3.8) is 0 Å². The lowest BCUT2D eigenvalue weighted by atomic mass is 10.1. The van der Waals surface area contributed by atoms with Crippen LogP contribution in [-0.4, -0.2) is 49.0 Å². The normalized spacial score (nSPS) is 11.9. The molecule has 0 bridgehead atoms. The van der Waals surface area contributed by atoms with Crippen LogP contribution < -0.4 is 22.1 Å². The topological polar surface area (TPSA) is 188 Å². The van der Waals surface area contributed by atoms with Crippen LogP contribution in [-0.2, 0) is 20.5 Å². The highest BCUT2D eigenvalue weighted by Crippen LogP contribution is 2.25. The number of carbonyl (C=O) groups is 3. The standard InChI is InChI=1S/C33H35N9O4/c1-19(2)36-29(34)14-12-24-27(18-42(4)30(24)31(35)43)38-33(45)28-16-23(17-41(28)3)37-32(44)22-10-7-20(8-11-22)5-6-21-9-13-25-26(15-21)40-46-39-25/h5-11,13,15-19H,12,14H2,1-4H3,(H2,34,36)(H2,35,43)(H,37,44)(H,38,45)/b6-5+. The van der Waals surface area contributed by atoms with Gasteiger partial charge in [-0.2, -0.15) is 0 Å². The van der Waals surface area contributed by atoms with E-state index in [0.29, 0.717) is 57.9 Å². The number of amidine groups is 1. The Morgan fingerprint density at radius 3 is 2.30 bits per heavy atom. The molecule has 3 heterocycles. The number of aryl methyl sites for hydroxylation is 2. The van der Waals surface area contributed by atoms with Crippen molar-refractivity contribution in [3.05, 3.63) is 94.6 Å². The summed E-state index contributed by atoms with van der Waals surface area (Å²) in [6, 6.07) is 14.4. The lowest BCUT2D eigenvalue weighted by Crippen LogP contribution is -2.20. The average molecular weight is 622 g/mol. The Morgan fingerprint density at radius 2 is 1.59 bits per heavy atom. The number of carbonyl (C=O) groups excluding carboxylic acids is 3. The number of hydrogen-bond acceptors (Lipinski definition) is 7. The second-order valence-corrected chi connectivity index (χ2v) is 11.2. The summed E-state index contributed by atoms with van der Waals surface area (Å²) in [5.41, 5.74) is 17.4. The largest absolute Gasteiger partial charge is 0.387 e. The van der Waals surface area contributed by atoms with Gasteiger partial charge in [0.15, 0.2) is 0 Å². The van der Waals surface area contributed by atoms with Gasteiger partial charge in [-0.25, -0.2) is 4.63 Å². The van der Waals surface area contributed by atoms with E-state index in [4.69, 9.17) is 16.1 Å². The summed E-state index contributed by atoms with van der Waals surface area (Å²) >= 11 is 0. The molecule has 46 heavy (non-hydrogen) atoms. The summed E-state index contributed by atoms with van der Waals surface area (Å²) in [5.74, 6) is -0.924. The van der Waals surface area contributed by atoms with Gasteiger partial charge in [0.25, 0.3) is 17.7 Å². The zero-order valence-electron chi connectivity index (χ0n) is 25.9. The molecule has 0 saturated heterocycles. The Labute approximate surface area is 264 Å². The lowest BCUT2D eigenvalue weighted by molar-refractivity contribution is 0.0987. The Kier molecular flexibility index (Phi) is 9.12. The first-order chi connectivity index (χ1) is 22.0. The van der Waals surface area contributed by atoms with Crippen LogP contribution >= 0.6 is 0 Å². The van der Waals surface area contributed by atoms with Gasteiger partial charge in [-0.15, -0.1) is 0 Å². The fourth-order valence-electron chi connectivity index (χ4n) is 5.10. The molecule has 2 aromatic carbocycles. The van der Waals surface area contributed by atoms with Gasteiger partial charge in [0.1, 0.15) is 22.4 Å². The predicted molar refractivity (Wildman–Crippen MR) is 178 cm³/mol. The second-order valence-electron chi connectivity index (χ2n) is 11.2. The molecular weight excluding hydrogens is 586 g/mol. The molecule has 6 N–H and O–H groups in total. The first-order valence-corrected chi connectivity index (χ1v) is 14.6. The van der Waals surface area contributed by atoms with Crippen LogP contribution in [0.2, 0.25) is 0 Å². The van der Waals surface area contributed by atoms with Crippen LogP contribution in [0.3, 0.4) is 0 Å². The van der Waals surface area contributed by atoms with E-state index in [2.05, 4.69) is 25.9 Å². The van der Waals surface area contributed by atoms with Crippen molar-refractivity contribution in [2.45, 2.75) is 32.7 Å². The number of benzene rings is 2. The molecule has 5 aromatic rings. The van der Waals surface area contributed by atoms with E-state index >= 15 is 0 Å². The minimum Gasteiger partial charge on any atom is -0.387 e. The number of fused-ring (bicyclic) bond motifs is 1. The summed E-state index contributed by atoms with van der Waals surface area (Å²) < 4.78 is 7.93. The van der Waals surface area contributed by atoms with E-state index in [-0.39, 0.29) is 17.6 Å². The maximum atomic E-state index is 13.3. The Morgan fingerprint density at radius 1 is 0.891 bits per heavy atom. The first-order valence-electron chi connectivity index (χ1n) is 14.6. The Bertz CT molecular complexity index is 1980. The highest BCUT2D eigenvalue weighted by atomic mass is 16.6. The third-order valence-corrected chi connectivity index (χ3v) is 7.24. The van der Waals surface area contributed by atoms with Crippen LogP contribution in [0.15, 0.2) is 70.5 Å². The molecule has 0 aliphatic carbocycles. The van der Waals surface area contributed by atoms with Crippen LogP contribution in [0.5, 0.6) is 0 Å². The molecule has 0 atom stereocenters. The number of anilines is 2. The molecule has 3 aromatic heterocycles. The van der Waals surface area contributed by atoms with E-state index in [1.54, 1.807) is 53.8 Å². The molecule has 0 aliphatic heterocycles. The van der Waals surface area contributed by atoms with Gasteiger partial charge in [0.05, 0.1) is 17.2 Å². The SMILES string of the molecule is CC(C)N=C(N)CCc1c(NC(=O)c2cc(NC(=O)c3ccc(/C=C/c4ccc5nonc5c4)cc3)cn2C)cn(C)c1C(N)=O. The van der Waals surface area contributed by atoms with Crippen molar-refractivity contribution in [3.8, 4) is 0 Å². The molecule has 3 amide bonds. The summed E-state index contributed by atoms with van der Waals surface area (Å²) in [6.45, 7) is 3.84. The molecular formula is C33H35N9O4. The van der Waals surface area contributed by atoms with Crippen LogP contribution in [0.1, 0.15) is 68.3 Å². The minimum absolute atomic E-state index is 0.0329. The lowest BCUT2D eigenvalue weighted by Gasteiger charge is -2.09. The fraction of sp³-hybridized carbons (Fsp3) is 0.212. The predicted octanol–water partition coefficient (Wildman–Crippen LogP) is 4.37. The van der Waals surface area contributed by atoms with Gasteiger partial charge in [-0.3, -0.25) is 19.4 Å². The monoisotopic (exact) mass is 621 g/mol. The van der Waals surface area contributed by atoms with Gasteiger partial charge in [-0.05, 0) is 72.0 Å². The molecule has 0 aliphatic rings. The van der Waals surface area contributed by atoms with Crippen molar-refractivity contribution in [2.24, 2.45) is 30.6 Å². The number of nitrogens with two attached hydrogens (primary N) is 2. The van der Waals surface area contributed by atoms with Crippen molar-refractivity contribution in [2.75, 3.05) is 10.6 Å². The molecule has 0 fully saturated rings. The highest BCUT2D eigenvalue weighted by molar-refractivity contribution is 6.08. The molecule has 0 spiro atoms. The minimum atomic E-state index is -0.618. The highest BCUT2D eigenvalue weighted by Gasteiger charge is 2.22.